The Kier molecular flexibility index (Phi) is 7.06. The maximum Gasteiger partial charge on any atom is 0.280 e. The zero-order chi connectivity index (χ0) is 27.1. The molecule has 6 rings (SSSR count). The van der Waals surface area contributed by atoms with Crippen LogP contribution in [0.2, 0.25) is 15.1 Å². The Morgan fingerprint density at radius 2 is 1.67 bits per heavy atom. The number of hydrazone groups is 1. The third-order valence-electron chi connectivity index (χ3n) is 7.34. The van der Waals surface area contributed by atoms with Crippen LogP contribution in [-0.4, -0.2) is 21.8 Å². The van der Waals surface area contributed by atoms with Gasteiger partial charge >= 0.3 is 0 Å². The van der Waals surface area contributed by atoms with Crippen molar-refractivity contribution < 1.29 is 9.32 Å². The maximum atomic E-state index is 14.3. The van der Waals surface area contributed by atoms with E-state index in [0.717, 1.165) is 41.7 Å². The van der Waals surface area contributed by atoms with Gasteiger partial charge in [0.1, 0.15) is 17.0 Å². The molecule has 2 unspecified atom stereocenters. The minimum Gasteiger partial charge on any atom is -0.360 e. The van der Waals surface area contributed by atoms with Gasteiger partial charge in [0.2, 0.25) is 0 Å². The average Bonchev–Trinajstić information content (AvgIpc) is 3.52. The first kappa shape index (κ1) is 25.9. The number of benzene rings is 3. The molecule has 196 valence electrons. The van der Waals surface area contributed by atoms with Crippen LogP contribution >= 0.6 is 34.8 Å². The van der Waals surface area contributed by atoms with E-state index in [1.807, 2.05) is 66.7 Å². The fourth-order valence-corrected chi connectivity index (χ4v) is 5.97. The molecule has 1 aliphatic heterocycles. The fourth-order valence-electron chi connectivity index (χ4n) is 5.50. The van der Waals surface area contributed by atoms with Crippen molar-refractivity contribution in [2.24, 2.45) is 11.0 Å². The normalized spacial score (nSPS) is 19.7. The lowest BCUT2D eigenvalue weighted by atomic mass is 9.77. The number of rotatable bonds is 4. The second-order valence-corrected chi connectivity index (χ2v) is 11.1. The zero-order valence-corrected chi connectivity index (χ0v) is 23.3. The molecule has 0 saturated heterocycles. The zero-order valence-electron chi connectivity index (χ0n) is 21.1. The van der Waals surface area contributed by atoms with Crippen LogP contribution < -0.4 is 0 Å². The molecule has 3 aromatic carbocycles. The first-order valence-corrected chi connectivity index (χ1v) is 13.9. The molecule has 1 saturated carbocycles. The highest BCUT2D eigenvalue weighted by molar-refractivity contribution is 6.33. The third-order valence-corrected chi connectivity index (χ3v) is 8.17. The van der Waals surface area contributed by atoms with E-state index < -0.39 is 0 Å². The minimum absolute atomic E-state index is 0.0337. The summed E-state index contributed by atoms with van der Waals surface area (Å²) in [5.41, 5.74) is 5.46. The molecule has 0 spiro atoms. The van der Waals surface area contributed by atoms with Crippen molar-refractivity contribution in [3.8, 4) is 11.3 Å². The molecule has 2 atom stereocenters. The molecule has 39 heavy (non-hydrogen) atoms. The highest BCUT2D eigenvalue weighted by atomic mass is 35.5. The van der Waals surface area contributed by atoms with Gasteiger partial charge in [0.25, 0.3) is 5.91 Å². The van der Waals surface area contributed by atoms with Gasteiger partial charge in [-0.1, -0.05) is 82.4 Å². The number of nitrogens with zero attached hydrogens (tertiary/aromatic N) is 3. The quantitative estimate of drug-likeness (QED) is 0.243. The summed E-state index contributed by atoms with van der Waals surface area (Å²) in [6.45, 7) is 1.74. The van der Waals surface area contributed by atoms with Crippen LogP contribution in [0.1, 0.15) is 52.5 Å². The summed E-state index contributed by atoms with van der Waals surface area (Å²) in [5.74, 6) is 0.166. The topological polar surface area (TPSA) is 58.7 Å². The fraction of sp³-hybridized carbons (Fsp3) is 0.194. The number of hydrogen-bond donors (Lipinski definition) is 0. The van der Waals surface area contributed by atoms with Gasteiger partial charge in [-0.05, 0) is 79.3 Å². The van der Waals surface area contributed by atoms with Crippen LogP contribution in [0.3, 0.4) is 0 Å². The van der Waals surface area contributed by atoms with Crippen molar-refractivity contribution in [3.63, 3.8) is 0 Å². The second-order valence-electron chi connectivity index (χ2n) is 9.79. The monoisotopic (exact) mass is 575 g/mol. The lowest BCUT2D eigenvalue weighted by Gasteiger charge is -2.29. The van der Waals surface area contributed by atoms with E-state index >= 15 is 0 Å². The number of fused-ring (bicyclic) bond motifs is 1. The summed E-state index contributed by atoms with van der Waals surface area (Å²) in [6.07, 6.45) is 4.93. The summed E-state index contributed by atoms with van der Waals surface area (Å²) in [6, 6.07) is 22.4. The number of carbonyl (C=O) groups excluding carboxylic acids is 1. The van der Waals surface area contributed by atoms with Crippen molar-refractivity contribution >= 4 is 52.5 Å². The maximum absolute atomic E-state index is 14.3. The van der Waals surface area contributed by atoms with Crippen LogP contribution in [0.5, 0.6) is 0 Å². The molecule has 5 nitrogen and oxygen atoms in total. The molecule has 1 aliphatic carbocycles. The molecule has 1 fully saturated rings. The van der Waals surface area contributed by atoms with Crippen LogP contribution in [0, 0.1) is 12.8 Å². The second kappa shape index (κ2) is 10.6. The van der Waals surface area contributed by atoms with Gasteiger partial charge in [0, 0.05) is 21.5 Å². The standard InChI is InChI=1S/C31H24Cl3N3O2/c1-18-27(29(36-39-18)24-6-2-3-8-26(24)34)31(38)37-30(20-11-15-23(33)16-12-20)25-7-4-5-21(28(25)35-37)17-19-9-13-22(32)14-10-19/h2-3,6,8-17,25,30H,4-5,7H2,1H3. The van der Waals surface area contributed by atoms with Crippen molar-refractivity contribution in [2.75, 3.05) is 0 Å². The van der Waals surface area contributed by atoms with Gasteiger partial charge in [0.05, 0.1) is 16.8 Å². The molecular formula is C31H24Cl3N3O2. The molecular weight excluding hydrogens is 553 g/mol. The Morgan fingerprint density at radius 3 is 2.38 bits per heavy atom. The van der Waals surface area contributed by atoms with E-state index in [9.17, 15) is 4.79 Å². The predicted octanol–water partition coefficient (Wildman–Crippen LogP) is 9.05. The van der Waals surface area contributed by atoms with Crippen LogP contribution in [0.4, 0.5) is 0 Å². The Balaban J connectivity index is 1.47. The van der Waals surface area contributed by atoms with Crippen molar-refractivity contribution in [1.82, 2.24) is 10.2 Å². The van der Waals surface area contributed by atoms with Gasteiger partial charge in [-0.15, -0.1) is 0 Å². The van der Waals surface area contributed by atoms with Crippen molar-refractivity contribution in [3.05, 3.63) is 116 Å². The molecule has 0 N–H and O–H groups in total. The van der Waals surface area contributed by atoms with Crippen molar-refractivity contribution in [2.45, 2.75) is 32.2 Å². The Morgan fingerprint density at radius 1 is 0.974 bits per heavy atom. The summed E-state index contributed by atoms with van der Waals surface area (Å²) in [4.78, 5) is 14.3. The highest BCUT2D eigenvalue weighted by Crippen LogP contribution is 2.46. The highest BCUT2D eigenvalue weighted by Gasteiger charge is 2.45. The summed E-state index contributed by atoms with van der Waals surface area (Å²) in [5, 5.41) is 12.7. The molecule has 2 heterocycles. The van der Waals surface area contributed by atoms with E-state index in [1.54, 1.807) is 18.0 Å². The Bertz CT molecular complexity index is 1610. The number of hydrogen-bond acceptors (Lipinski definition) is 4. The van der Waals surface area contributed by atoms with E-state index in [-0.39, 0.29) is 17.9 Å². The third kappa shape index (κ3) is 4.91. The lowest BCUT2D eigenvalue weighted by molar-refractivity contribution is 0.0679. The molecule has 4 aromatic rings. The first-order chi connectivity index (χ1) is 18.9. The van der Waals surface area contributed by atoms with E-state index in [2.05, 4.69) is 11.2 Å². The van der Waals surface area contributed by atoms with Gasteiger partial charge in [-0.25, -0.2) is 5.01 Å². The van der Waals surface area contributed by atoms with E-state index in [1.165, 1.54) is 0 Å². The first-order valence-electron chi connectivity index (χ1n) is 12.8. The van der Waals surface area contributed by atoms with Gasteiger partial charge in [-0.3, -0.25) is 4.79 Å². The number of halogens is 3. The lowest BCUT2D eigenvalue weighted by Crippen LogP contribution is -2.32. The number of allylic oxidation sites excluding steroid dienone is 1. The number of aryl methyl sites for hydroxylation is 1. The molecule has 0 bridgehead atoms. The predicted molar refractivity (Wildman–Crippen MR) is 156 cm³/mol. The molecule has 0 radical (unpaired) electrons. The number of amides is 1. The van der Waals surface area contributed by atoms with Crippen LogP contribution in [-0.2, 0) is 0 Å². The van der Waals surface area contributed by atoms with E-state index in [4.69, 9.17) is 44.4 Å². The van der Waals surface area contributed by atoms with Crippen LogP contribution in [0.15, 0.2) is 88.0 Å². The molecule has 2 aliphatic rings. The smallest absolute Gasteiger partial charge is 0.280 e. The van der Waals surface area contributed by atoms with Gasteiger partial charge in [0.15, 0.2) is 0 Å². The SMILES string of the molecule is Cc1onc(-c2ccccc2Cl)c1C(=O)N1N=C2C(=Cc3ccc(Cl)cc3)CCCC2C1c1ccc(Cl)cc1. The summed E-state index contributed by atoms with van der Waals surface area (Å²) < 4.78 is 5.53. The number of carbonyl (C=O) groups is 1. The van der Waals surface area contributed by atoms with Crippen LogP contribution in [0.25, 0.3) is 17.3 Å². The molecule has 1 amide bonds. The Hall–Kier alpha value is -3.38. The Labute approximate surface area is 241 Å². The van der Waals surface area contributed by atoms with E-state index in [0.29, 0.717) is 37.6 Å². The number of aromatic nitrogens is 1. The molecule has 1 aromatic heterocycles. The van der Waals surface area contributed by atoms with Gasteiger partial charge < -0.3 is 4.52 Å². The largest absolute Gasteiger partial charge is 0.360 e. The summed E-state index contributed by atoms with van der Waals surface area (Å²) >= 11 is 18.8. The van der Waals surface area contributed by atoms with Gasteiger partial charge in [-0.2, -0.15) is 5.10 Å². The van der Waals surface area contributed by atoms with Crippen molar-refractivity contribution in [1.29, 1.82) is 0 Å². The molecule has 8 heteroatoms. The summed E-state index contributed by atoms with van der Waals surface area (Å²) in [7, 11) is 0. The average molecular weight is 577 g/mol. The minimum atomic E-state index is -0.299.